The molecular weight excluding hydrogens is 192 g/mol. The standard InChI is InChI=1S/C11H20N2S/c1-4-10-8-13-11(14-10)5-6-12-7-9(2)3/h8-9,12H,4-7H2,1-3H3. The highest BCUT2D eigenvalue weighted by Crippen LogP contribution is 2.13. The van der Waals surface area contributed by atoms with Crippen LogP contribution in [-0.2, 0) is 12.8 Å². The molecule has 80 valence electrons. The van der Waals surface area contributed by atoms with E-state index in [1.54, 1.807) is 0 Å². The van der Waals surface area contributed by atoms with Gasteiger partial charge in [0.25, 0.3) is 0 Å². The summed E-state index contributed by atoms with van der Waals surface area (Å²) in [6.45, 7) is 8.78. The zero-order valence-corrected chi connectivity index (χ0v) is 10.2. The maximum atomic E-state index is 4.38. The van der Waals surface area contributed by atoms with E-state index in [0.717, 1.165) is 31.8 Å². The fourth-order valence-corrected chi connectivity index (χ4v) is 2.08. The van der Waals surface area contributed by atoms with Crippen molar-refractivity contribution in [3.8, 4) is 0 Å². The van der Waals surface area contributed by atoms with Crippen LogP contribution in [0.5, 0.6) is 0 Å². The molecule has 3 heteroatoms. The van der Waals surface area contributed by atoms with Crippen molar-refractivity contribution in [2.45, 2.75) is 33.6 Å². The summed E-state index contributed by atoms with van der Waals surface area (Å²) in [6.07, 6.45) is 4.18. The lowest BCUT2D eigenvalue weighted by atomic mass is 10.2. The van der Waals surface area contributed by atoms with Gasteiger partial charge in [0.1, 0.15) is 0 Å². The molecule has 1 aromatic heterocycles. The van der Waals surface area contributed by atoms with Crippen LogP contribution < -0.4 is 5.32 Å². The first kappa shape index (κ1) is 11.7. The second kappa shape index (κ2) is 6.14. The topological polar surface area (TPSA) is 24.9 Å². The van der Waals surface area contributed by atoms with Crippen LogP contribution in [0, 0.1) is 5.92 Å². The number of nitrogens with zero attached hydrogens (tertiary/aromatic N) is 1. The van der Waals surface area contributed by atoms with Gasteiger partial charge in [-0.25, -0.2) is 4.98 Å². The fourth-order valence-electron chi connectivity index (χ4n) is 1.21. The number of rotatable bonds is 6. The van der Waals surface area contributed by atoms with Gasteiger partial charge in [-0.1, -0.05) is 20.8 Å². The van der Waals surface area contributed by atoms with Crippen LogP contribution >= 0.6 is 11.3 Å². The fraction of sp³-hybridized carbons (Fsp3) is 0.727. The Morgan fingerprint density at radius 3 is 2.86 bits per heavy atom. The van der Waals surface area contributed by atoms with Gasteiger partial charge in [-0.2, -0.15) is 0 Å². The van der Waals surface area contributed by atoms with E-state index < -0.39 is 0 Å². The normalized spacial score (nSPS) is 11.1. The number of hydrogen-bond acceptors (Lipinski definition) is 3. The number of thiazole rings is 1. The van der Waals surface area contributed by atoms with E-state index in [0.29, 0.717) is 0 Å². The molecule has 0 atom stereocenters. The summed E-state index contributed by atoms with van der Waals surface area (Å²) >= 11 is 1.84. The molecule has 2 nitrogen and oxygen atoms in total. The molecule has 0 aromatic carbocycles. The molecular formula is C11H20N2S. The zero-order chi connectivity index (χ0) is 10.4. The largest absolute Gasteiger partial charge is 0.316 e. The summed E-state index contributed by atoms with van der Waals surface area (Å²) in [4.78, 5) is 5.77. The molecule has 0 saturated heterocycles. The molecule has 0 radical (unpaired) electrons. The third kappa shape index (κ3) is 4.20. The summed E-state index contributed by atoms with van der Waals surface area (Å²) in [5, 5.41) is 4.69. The van der Waals surface area contributed by atoms with Gasteiger partial charge in [0.2, 0.25) is 0 Å². The Balaban J connectivity index is 2.18. The van der Waals surface area contributed by atoms with Gasteiger partial charge in [0.15, 0.2) is 0 Å². The van der Waals surface area contributed by atoms with E-state index in [-0.39, 0.29) is 0 Å². The molecule has 0 fully saturated rings. The second-order valence-corrected chi connectivity index (χ2v) is 5.12. The van der Waals surface area contributed by atoms with Crippen LogP contribution in [0.2, 0.25) is 0 Å². The van der Waals surface area contributed by atoms with Crippen LogP contribution in [0.4, 0.5) is 0 Å². The van der Waals surface area contributed by atoms with E-state index in [2.05, 4.69) is 31.1 Å². The van der Waals surface area contributed by atoms with Crippen molar-refractivity contribution in [2.24, 2.45) is 5.92 Å². The Bertz CT molecular complexity index is 256. The van der Waals surface area contributed by atoms with Crippen molar-refractivity contribution in [2.75, 3.05) is 13.1 Å². The van der Waals surface area contributed by atoms with E-state index in [4.69, 9.17) is 0 Å². The third-order valence-electron chi connectivity index (χ3n) is 2.02. The lowest BCUT2D eigenvalue weighted by molar-refractivity contribution is 0.554. The minimum atomic E-state index is 0.734. The van der Waals surface area contributed by atoms with Gasteiger partial charge in [-0.05, 0) is 18.9 Å². The smallest absolute Gasteiger partial charge is 0.0940 e. The number of hydrogen-bond donors (Lipinski definition) is 1. The van der Waals surface area contributed by atoms with E-state index in [9.17, 15) is 0 Å². The molecule has 14 heavy (non-hydrogen) atoms. The van der Waals surface area contributed by atoms with Crippen molar-refractivity contribution in [1.82, 2.24) is 10.3 Å². The Labute approximate surface area is 90.8 Å². The minimum absolute atomic E-state index is 0.734. The highest BCUT2D eigenvalue weighted by atomic mass is 32.1. The Morgan fingerprint density at radius 2 is 2.29 bits per heavy atom. The molecule has 0 spiro atoms. The molecule has 1 heterocycles. The maximum Gasteiger partial charge on any atom is 0.0940 e. The summed E-state index contributed by atoms with van der Waals surface area (Å²) in [5.74, 6) is 0.734. The van der Waals surface area contributed by atoms with Crippen LogP contribution in [-0.4, -0.2) is 18.1 Å². The molecule has 1 rings (SSSR count). The van der Waals surface area contributed by atoms with Gasteiger partial charge in [0, 0.05) is 24.0 Å². The van der Waals surface area contributed by atoms with Crippen molar-refractivity contribution < 1.29 is 0 Å². The first-order chi connectivity index (χ1) is 6.72. The summed E-state index contributed by atoms with van der Waals surface area (Å²) in [5.41, 5.74) is 0. The van der Waals surface area contributed by atoms with Crippen molar-refractivity contribution in [3.05, 3.63) is 16.1 Å². The number of aryl methyl sites for hydroxylation is 1. The third-order valence-corrected chi connectivity index (χ3v) is 3.22. The maximum absolute atomic E-state index is 4.38. The highest BCUT2D eigenvalue weighted by Gasteiger charge is 2.00. The molecule has 0 aliphatic heterocycles. The molecule has 0 bridgehead atoms. The molecule has 0 unspecified atom stereocenters. The van der Waals surface area contributed by atoms with Crippen LogP contribution in [0.1, 0.15) is 30.7 Å². The summed E-state index contributed by atoms with van der Waals surface area (Å²) in [6, 6.07) is 0. The van der Waals surface area contributed by atoms with Gasteiger partial charge in [-0.15, -0.1) is 11.3 Å². The predicted octanol–water partition coefficient (Wildman–Crippen LogP) is 2.49. The number of aromatic nitrogens is 1. The van der Waals surface area contributed by atoms with Gasteiger partial charge in [-0.3, -0.25) is 0 Å². The highest BCUT2D eigenvalue weighted by molar-refractivity contribution is 7.11. The summed E-state index contributed by atoms with van der Waals surface area (Å²) in [7, 11) is 0. The lowest BCUT2D eigenvalue weighted by Crippen LogP contribution is -2.21. The first-order valence-corrected chi connectivity index (χ1v) is 6.18. The average molecular weight is 212 g/mol. The van der Waals surface area contributed by atoms with E-state index in [1.807, 2.05) is 17.5 Å². The zero-order valence-electron chi connectivity index (χ0n) is 9.34. The Kier molecular flexibility index (Phi) is 5.12. The van der Waals surface area contributed by atoms with Crippen LogP contribution in [0.3, 0.4) is 0 Å². The van der Waals surface area contributed by atoms with Crippen LogP contribution in [0.15, 0.2) is 6.20 Å². The summed E-state index contributed by atoms with van der Waals surface area (Å²) < 4.78 is 0. The van der Waals surface area contributed by atoms with Crippen molar-refractivity contribution in [3.63, 3.8) is 0 Å². The van der Waals surface area contributed by atoms with Gasteiger partial charge < -0.3 is 5.32 Å². The number of nitrogens with one attached hydrogen (secondary N) is 1. The second-order valence-electron chi connectivity index (χ2n) is 3.92. The van der Waals surface area contributed by atoms with E-state index >= 15 is 0 Å². The predicted molar refractivity (Wildman–Crippen MR) is 62.9 cm³/mol. The molecule has 1 N–H and O–H groups in total. The molecule has 0 amide bonds. The average Bonchev–Trinajstić information content (AvgIpc) is 2.60. The molecule has 0 aliphatic carbocycles. The van der Waals surface area contributed by atoms with Crippen molar-refractivity contribution >= 4 is 11.3 Å². The SMILES string of the molecule is CCc1cnc(CCNCC(C)C)s1. The minimum Gasteiger partial charge on any atom is -0.316 e. The Morgan fingerprint density at radius 1 is 1.50 bits per heavy atom. The lowest BCUT2D eigenvalue weighted by Gasteiger charge is -2.05. The van der Waals surface area contributed by atoms with Crippen molar-refractivity contribution in [1.29, 1.82) is 0 Å². The molecule has 0 saturated carbocycles. The van der Waals surface area contributed by atoms with Crippen LogP contribution in [0.25, 0.3) is 0 Å². The quantitative estimate of drug-likeness (QED) is 0.733. The van der Waals surface area contributed by atoms with Gasteiger partial charge in [0.05, 0.1) is 5.01 Å². The molecule has 0 aliphatic rings. The molecule has 1 aromatic rings. The monoisotopic (exact) mass is 212 g/mol. The Hall–Kier alpha value is -0.410. The van der Waals surface area contributed by atoms with E-state index in [1.165, 1.54) is 9.88 Å². The first-order valence-electron chi connectivity index (χ1n) is 5.36. The van der Waals surface area contributed by atoms with Gasteiger partial charge >= 0.3 is 0 Å².